The molecule has 1 fully saturated rings. The number of anilines is 2. The molecule has 1 aliphatic heterocycles. The zero-order chi connectivity index (χ0) is 14.8. The van der Waals surface area contributed by atoms with Crippen molar-refractivity contribution in [1.29, 1.82) is 0 Å². The Labute approximate surface area is 114 Å². The van der Waals surface area contributed by atoms with Crippen molar-refractivity contribution in [3.05, 3.63) is 24.3 Å². The van der Waals surface area contributed by atoms with Crippen molar-refractivity contribution in [2.75, 3.05) is 35.9 Å². The molecule has 0 aliphatic carbocycles. The Morgan fingerprint density at radius 3 is 2.45 bits per heavy atom. The van der Waals surface area contributed by atoms with Crippen LogP contribution in [0, 0.1) is 0 Å². The molecule has 0 radical (unpaired) electrons. The van der Waals surface area contributed by atoms with E-state index < -0.39 is 15.5 Å². The molecular weight excluding hydrogens is 297 g/mol. The number of hydrogen-bond acceptors (Lipinski definition) is 4. The van der Waals surface area contributed by atoms with E-state index in [0.29, 0.717) is 32.0 Å². The first-order valence-electron chi connectivity index (χ1n) is 5.81. The summed E-state index contributed by atoms with van der Waals surface area (Å²) in [6, 6.07) is 5.84. The minimum absolute atomic E-state index is 0.119. The van der Waals surface area contributed by atoms with Gasteiger partial charge in [-0.05, 0) is 18.2 Å². The molecule has 2 rings (SSSR count). The SMILES string of the molecule is O=S(=O)(Nc1cccc(N2CCOCC2)c1)C(F)(F)F. The Balaban J connectivity index is 2.18. The molecule has 1 aromatic rings. The Morgan fingerprint density at radius 2 is 1.85 bits per heavy atom. The summed E-state index contributed by atoms with van der Waals surface area (Å²) in [5.74, 6) is 0. The molecule has 0 atom stereocenters. The molecule has 20 heavy (non-hydrogen) atoms. The predicted octanol–water partition coefficient (Wildman–Crippen LogP) is 1.78. The highest BCUT2D eigenvalue weighted by Gasteiger charge is 2.46. The average Bonchev–Trinajstić information content (AvgIpc) is 2.38. The van der Waals surface area contributed by atoms with Crippen molar-refractivity contribution < 1.29 is 26.3 Å². The highest BCUT2D eigenvalue weighted by Crippen LogP contribution is 2.27. The van der Waals surface area contributed by atoms with E-state index in [1.54, 1.807) is 6.07 Å². The van der Waals surface area contributed by atoms with Gasteiger partial charge in [0.25, 0.3) is 0 Å². The number of benzene rings is 1. The van der Waals surface area contributed by atoms with Gasteiger partial charge in [0.2, 0.25) is 0 Å². The summed E-state index contributed by atoms with van der Waals surface area (Å²) in [6.07, 6.45) is 0. The van der Waals surface area contributed by atoms with Crippen LogP contribution in [0.3, 0.4) is 0 Å². The summed E-state index contributed by atoms with van der Waals surface area (Å²) in [5.41, 5.74) is -4.80. The molecule has 1 aromatic carbocycles. The van der Waals surface area contributed by atoms with Gasteiger partial charge in [-0.15, -0.1) is 0 Å². The number of ether oxygens (including phenoxy) is 1. The van der Waals surface area contributed by atoms with E-state index in [4.69, 9.17) is 4.74 Å². The standard InChI is InChI=1S/C11H13F3N2O3S/c12-11(13,14)20(17,18)15-9-2-1-3-10(8-9)16-4-6-19-7-5-16/h1-3,8,15H,4-7H2. The Kier molecular flexibility index (Phi) is 4.09. The number of morpholine rings is 1. The van der Waals surface area contributed by atoms with Gasteiger partial charge < -0.3 is 9.64 Å². The largest absolute Gasteiger partial charge is 0.516 e. The van der Waals surface area contributed by atoms with Gasteiger partial charge in [-0.25, -0.2) is 0 Å². The fourth-order valence-electron chi connectivity index (χ4n) is 1.80. The van der Waals surface area contributed by atoms with E-state index in [2.05, 4.69) is 0 Å². The second-order valence-corrected chi connectivity index (χ2v) is 5.87. The van der Waals surface area contributed by atoms with Crippen LogP contribution in [0.15, 0.2) is 24.3 Å². The quantitative estimate of drug-likeness (QED) is 0.924. The van der Waals surface area contributed by atoms with Gasteiger partial charge in [-0.2, -0.15) is 21.6 Å². The van der Waals surface area contributed by atoms with Crippen molar-refractivity contribution in [2.24, 2.45) is 0 Å². The number of rotatable bonds is 3. The molecule has 1 N–H and O–H groups in total. The second-order valence-electron chi connectivity index (χ2n) is 4.20. The zero-order valence-corrected chi connectivity index (χ0v) is 11.2. The number of nitrogens with zero attached hydrogens (tertiary/aromatic N) is 1. The van der Waals surface area contributed by atoms with E-state index >= 15 is 0 Å². The van der Waals surface area contributed by atoms with Crippen molar-refractivity contribution in [3.8, 4) is 0 Å². The first-order valence-corrected chi connectivity index (χ1v) is 7.30. The Hall–Kier alpha value is -1.48. The predicted molar refractivity (Wildman–Crippen MR) is 68.1 cm³/mol. The molecule has 0 spiro atoms. The van der Waals surface area contributed by atoms with Gasteiger partial charge >= 0.3 is 15.5 Å². The van der Waals surface area contributed by atoms with Crippen LogP contribution in [0.4, 0.5) is 24.5 Å². The maximum atomic E-state index is 12.3. The maximum absolute atomic E-state index is 12.3. The number of nitrogens with one attached hydrogen (secondary N) is 1. The van der Waals surface area contributed by atoms with Gasteiger partial charge in [0.05, 0.1) is 18.9 Å². The lowest BCUT2D eigenvalue weighted by Crippen LogP contribution is -2.36. The van der Waals surface area contributed by atoms with E-state index in [1.807, 2.05) is 4.90 Å². The lowest BCUT2D eigenvalue weighted by Gasteiger charge is -2.29. The van der Waals surface area contributed by atoms with E-state index in [0.717, 1.165) is 0 Å². The highest BCUT2D eigenvalue weighted by atomic mass is 32.2. The number of halogens is 3. The van der Waals surface area contributed by atoms with Crippen LogP contribution in [0.25, 0.3) is 0 Å². The van der Waals surface area contributed by atoms with Crippen LogP contribution in [0.1, 0.15) is 0 Å². The first-order chi connectivity index (χ1) is 9.29. The zero-order valence-electron chi connectivity index (χ0n) is 10.4. The van der Waals surface area contributed by atoms with Crippen molar-refractivity contribution >= 4 is 21.4 Å². The highest BCUT2D eigenvalue weighted by molar-refractivity contribution is 7.93. The molecule has 9 heteroatoms. The molecule has 0 unspecified atom stereocenters. The van der Waals surface area contributed by atoms with Crippen LogP contribution in [-0.2, 0) is 14.8 Å². The third kappa shape index (κ3) is 3.34. The van der Waals surface area contributed by atoms with Gasteiger partial charge in [0.15, 0.2) is 0 Å². The number of sulfonamides is 1. The van der Waals surface area contributed by atoms with E-state index in [-0.39, 0.29) is 5.69 Å². The normalized spacial score (nSPS) is 17.1. The van der Waals surface area contributed by atoms with E-state index in [9.17, 15) is 21.6 Å². The minimum atomic E-state index is -5.39. The fourth-order valence-corrected chi connectivity index (χ4v) is 2.35. The van der Waals surface area contributed by atoms with Crippen LogP contribution in [-0.4, -0.2) is 40.2 Å². The molecule has 0 saturated carbocycles. The topological polar surface area (TPSA) is 58.6 Å². The second kappa shape index (κ2) is 5.49. The molecule has 5 nitrogen and oxygen atoms in total. The average molecular weight is 310 g/mol. The van der Waals surface area contributed by atoms with Crippen LogP contribution in [0.5, 0.6) is 0 Å². The summed E-state index contributed by atoms with van der Waals surface area (Å²) in [6.45, 7) is 2.27. The summed E-state index contributed by atoms with van der Waals surface area (Å²) in [4.78, 5) is 1.91. The number of alkyl halides is 3. The van der Waals surface area contributed by atoms with Crippen LogP contribution in [0.2, 0.25) is 0 Å². The summed E-state index contributed by atoms with van der Waals surface area (Å²) in [5, 5.41) is 0. The Morgan fingerprint density at radius 1 is 1.20 bits per heavy atom. The van der Waals surface area contributed by atoms with Crippen molar-refractivity contribution in [2.45, 2.75) is 5.51 Å². The lowest BCUT2D eigenvalue weighted by molar-refractivity contribution is -0.0429. The smallest absolute Gasteiger partial charge is 0.378 e. The van der Waals surface area contributed by atoms with Crippen molar-refractivity contribution in [3.63, 3.8) is 0 Å². The summed E-state index contributed by atoms with van der Waals surface area (Å²) in [7, 11) is -5.39. The maximum Gasteiger partial charge on any atom is 0.516 e. The molecule has 1 saturated heterocycles. The fraction of sp³-hybridized carbons (Fsp3) is 0.455. The molecule has 0 aromatic heterocycles. The molecule has 0 bridgehead atoms. The minimum Gasteiger partial charge on any atom is -0.378 e. The van der Waals surface area contributed by atoms with Gasteiger partial charge in [-0.1, -0.05) is 6.07 Å². The van der Waals surface area contributed by atoms with Crippen LogP contribution < -0.4 is 9.62 Å². The molecule has 1 heterocycles. The third-order valence-corrected chi connectivity index (χ3v) is 3.89. The lowest BCUT2D eigenvalue weighted by atomic mass is 10.2. The summed E-state index contributed by atoms with van der Waals surface area (Å²) >= 11 is 0. The first kappa shape index (κ1) is 14.9. The van der Waals surface area contributed by atoms with Gasteiger partial charge in [-0.3, -0.25) is 4.72 Å². The van der Waals surface area contributed by atoms with Crippen LogP contribution >= 0.6 is 0 Å². The van der Waals surface area contributed by atoms with E-state index in [1.165, 1.54) is 22.9 Å². The monoisotopic (exact) mass is 310 g/mol. The van der Waals surface area contributed by atoms with Gasteiger partial charge in [0, 0.05) is 18.8 Å². The summed E-state index contributed by atoms with van der Waals surface area (Å²) < 4.78 is 65.7. The molecular formula is C11H13F3N2O3S. The number of hydrogen-bond donors (Lipinski definition) is 1. The molecule has 0 amide bonds. The van der Waals surface area contributed by atoms with Gasteiger partial charge in [0.1, 0.15) is 0 Å². The Bertz CT molecular complexity index is 569. The third-order valence-electron chi connectivity index (χ3n) is 2.78. The molecule has 112 valence electrons. The van der Waals surface area contributed by atoms with Crippen molar-refractivity contribution in [1.82, 2.24) is 0 Å². The molecule has 1 aliphatic rings.